The van der Waals surface area contributed by atoms with Crippen molar-refractivity contribution in [2.24, 2.45) is 11.3 Å². The first-order valence-corrected chi connectivity index (χ1v) is 9.99. The lowest BCUT2D eigenvalue weighted by molar-refractivity contribution is -0.123. The average molecular weight is 393 g/mol. The predicted octanol–water partition coefficient (Wildman–Crippen LogP) is 3.89. The van der Waals surface area contributed by atoms with Gasteiger partial charge in [-0.05, 0) is 48.8 Å². The summed E-state index contributed by atoms with van der Waals surface area (Å²) in [4.78, 5) is 26.9. The number of hydrogen-bond donors (Lipinski definition) is 0. The zero-order valence-corrected chi connectivity index (χ0v) is 17.6. The summed E-state index contributed by atoms with van der Waals surface area (Å²) in [6, 6.07) is 9.03. The van der Waals surface area contributed by atoms with Gasteiger partial charge < -0.3 is 14.4 Å². The summed E-state index contributed by atoms with van der Waals surface area (Å²) in [6.07, 6.45) is 4.14. The van der Waals surface area contributed by atoms with Crippen LogP contribution in [0, 0.1) is 11.3 Å². The van der Waals surface area contributed by atoms with E-state index in [-0.39, 0.29) is 29.3 Å². The first-order valence-electron chi connectivity index (χ1n) is 9.99. The molecule has 4 atom stereocenters. The number of amides is 1. The average Bonchev–Trinajstić information content (AvgIpc) is 2.93. The molecule has 1 aromatic carbocycles. The van der Waals surface area contributed by atoms with Crippen molar-refractivity contribution in [2.45, 2.75) is 39.4 Å². The van der Waals surface area contributed by atoms with Crippen molar-refractivity contribution in [3.63, 3.8) is 0 Å². The third kappa shape index (κ3) is 2.96. The molecule has 0 unspecified atom stereocenters. The van der Waals surface area contributed by atoms with Crippen molar-refractivity contribution in [1.29, 1.82) is 0 Å². The molecule has 29 heavy (non-hydrogen) atoms. The molecule has 0 saturated carbocycles. The first kappa shape index (κ1) is 19.6. The number of allylic oxidation sites excluding steroid dienone is 3. The molecule has 1 aliphatic heterocycles. The molecular formula is C24H27NO4. The Morgan fingerprint density at radius 2 is 1.93 bits per heavy atom. The van der Waals surface area contributed by atoms with E-state index in [4.69, 9.17) is 9.47 Å². The Balaban J connectivity index is 1.71. The van der Waals surface area contributed by atoms with Crippen LogP contribution >= 0.6 is 0 Å². The van der Waals surface area contributed by atoms with Gasteiger partial charge in [0, 0.05) is 36.8 Å². The molecule has 5 nitrogen and oxygen atoms in total. The fraction of sp³-hybridized carbons (Fsp3) is 0.417. The number of likely N-dealkylation sites (N-methyl/N-ethyl adjacent to an activating group) is 1. The molecule has 0 bridgehead atoms. The summed E-state index contributed by atoms with van der Waals surface area (Å²) in [5, 5.41) is 0. The Morgan fingerprint density at radius 1 is 1.24 bits per heavy atom. The van der Waals surface area contributed by atoms with Crippen molar-refractivity contribution in [1.82, 2.24) is 4.90 Å². The second-order valence-electron chi connectivity index (χ2n) is 8.44. The Morgan fingerprint density at radius 3 is 2.59 bits per heavy atom. The third-order valence-electron chi connectivity index (χ3n) is 6.93. The fourth-order valence-electron chi connectivity index (χ4n) is 4.79. The van der Waals surface area contributed by atoms with Crippen LogP contribution in [0.2, 0.25) is 0 Å². The van der Waals surface area contributed by atoms with Crippen LogP contribution in [0.25, 0.3) is 0 Å². The van der Waals surface area contributed by atoms with Gasteiger partial charge in [-0.2, -0.15) is 0 Å². The van der Waals surface area contributed by atoms with Crippen LogP contribution in [-0.2, 0) is 14.3 Å². The Bertz CT molecular complexity index is 958. The summed E-state index contributed by atoms with van der Waals surface area (Å²) in [7, 11) is 3.45. The van der Waals surface area contributed by atoms with E-state index in [9.17, 15) is 9.59 Å². The van der Waals surface area contributed by atoms with E-state index < -0.39 is 6.10 Å². The van der Waals surface area contributed by atoms with Gasteiger partial charge in [0.15, 0.2) is 0 Å². The van der Waals surface area contributed by atoms with Gasteiger partial charge in [-0.25, -0.2) is 4.79 Å². The second-order valence-corrected chi connectivity index (χ2v) is 8.44. The Hall–Kier alpha value is -2.66. The largest absolute Gasteiger partial charge is 0.455 e. The quantitative estimate of drug-likeness (QED) is 0.731. The minimum atomic E-state index is -0.410. The lowest BCUT2D eigenvalue weighted by Crippen LogP contribution is -2.49. The number of esters is 1. The number of carbonyl (C=O) groups excluding carboxylic acids is 2. The smallest absolute Gasteiger partial charge is 0.338 e. The highest BCUT2D eigenvalue weighted by molar-refractivity contribution is 6.00. The predicted molar refractivity (Wildman–Crippen MR) is 110 cm³/mol. The molecule has 4 rings (SSSR count). The standard InChI is InChI=1S/C24H27NO4/c1-14-18-13-24(3)15(2)21(29-23(27)16-9-7-6-8-10-16)20(28-5)12-17(24)11-19(18)25(4)22(14)26/h6-12,15,20-21H,13H2,1-5H3/t15-,20+,21+,24+/m0/s1. The summed E-state index contributed by atoms with van der Waals surface area (Å²) in [6.45, 7) is 6.19. The third-order valence-corrected chi connectivity index (χ3v) is 6.93. The highest BCUT2D eigenvalue weighted by Crippen LogP contribution is 2.54. The summed E-state index contributed by atoms with van der Waals surface area (Å²) in [5.74, 6) is -0.278. The van der Waals surface area contributed by atoms with E-state index >= 15 is 0 Å². The number of rotatable bonds is 3. The van der Waals surface area contributed by atoms with Gasteiger partial charge in [0.2, 0.25) is 0 Å². The number of methoxy groups -OCH3 is 1. The van der Waals surface area contributed by atoms with E-state index in [1.165, 1.54) is 0 Å². The monoisotopic (exact) mass is 393 g/mol. The number of hydrogen-bond acceptors (Lipinski definition) is 4. The maximum Gasteiger partial charge on any atom is 0.338 e. The lowest BCUT2D eigenvalue weighted by Gasteiger charge is -2.48. The van der Waals surface area contributed by atoms with Crippen molar-refractivity contribution >= 4 is 11.9 Å². The molecule has 3 aliphatic rings. The zero-order chi connectivity index (χ0) is 20.9. The van der Waals surface area contributed by atoms with Crippen molar-refractivity contribution in [2.75, 3.05) is 14.2 Å². The molecule has 1 heterocycles. The van der Waals surface area contributed by atoms with E-state index in [1.54, 1.807) is 24.1 Å². The van der Waals surface area contributed by atoms with Gasteiger partial charge in [-0.3, -0.25) is 4.79 Å². The van der Waals surface area contributed by atoms with Crippen LogP contribution in [0.1, 0.15) is 37.6 Å². The van der Waals surface area contributed by atoms with Gasteiger partial charge in [-0.1, -0.05) is 32.0 Å². The topological polar surface area (TPSA) is 55.8 Å². The molecule has 0 saturated heterocycles. The van der Waals surface area contributed by atoms with Crippen molar-refractivity contribution in [3.05, 3.63) is 70.5 Å². The summed E-state index contributed by atoms with van der Waals surface area (Å²) < 4.78 is 11.7. The molecule has 0 fully saturated rings. The molecule has 2 aliphatic carbocycles. The highest BCUT2D eigenvalue weighted by atomic mass is 16.6. The number of nitrogens with zero attached hydrogens (tertiary/aromatic N) is 1. The highest BCUT2D eigenvalue weighted by Gasteiger charge is 2.51. The molecule has 0 aromatic heterocycles. The molecule has 0 spiro atoms. The molecule has 1 amide bonds. The van der Waals surface area contributed by atoms with Crippen LogP contribution in [0.15, 0.2) is 64.9 Å². The Kier molecular flexibility index (Phi) is 4.74. The van der Waals surface area contributed by atoms with Gasteiger partial charge in [-0.15, -0.1) is 0 Å². The number of carbonyl (C=O) groups is 2. The lowest BCUT2D eigenvalue weighted by atomic mass is 9.59. The number of fused-ring (bicyclic) bond motifs is 2. The molecule has 0 radical (unpaired) electrons. The molecule has 0 N–H and O–H groups in total. The SMILES string of the molecule is CO[C@@H]1C=C2C=C3C(=C(C)C(=O)N3C)C[C@]2(C)[C@@H](C)[C@H]1OC(=O)c1ccccc1. The van der Waals surface area contributed by atoms with Gasteiger partial charge in [0.1, 0.15) is 12.2 Å². The van der Waals surface area contributed by atoms with Crippen molar-refractivity contribution < 1.29 is 19.1 Å². The summed E-state index contributed by atoms with van der Waals surface area (Å²) in [5.41, 5.74) is 4.28. The van der Waals surface area contributed by atoms with Gasteiger partial charge >= 0.3 is 5.97 Å². The van der Waals surface area contributed by atoms with E-state index in [0.29, 0.717) is 5.56 Å². The van der Waals surface area contributed by atoms with Crippen LogP contribution in [0.5, 0.6) is 0 Å². The van der Waals surface area contributed by atoms with E-state index in [1.807, 2.05) is 32.2 Å². The summed E-state index contributed by atoms with van der Waals surface area (Å²) >= 11 is 0. The van der Waals surface area contributed by atoms with Gasteiger partial charge in [0.25, 0.3) is 5.91 Å². The normalized spacial score (nSPS) is 31.1. The van der Waals surface area contributed by atoms with E-state index in [0.717, 1.165) is 28.8 Å². The van der Waals surface area contributed by atoms with Crippen LogP contribution in [0.3, 0.4) is 0 Å². The van der Waals surface area contributed by atoms with Crippen molar-refractivity contribution in [3.8, 4) is 0 Å². The van der Waals surface area contributed by atoms with Crippen LogP contribution in [0.4, 0.5) is 0 Å². The number of ether oxygens (including phenoxy) is 2. The van der Waals surface area contributed by atoms with Gasteiger partial charge in [0.05, 0.1) is 5.56 Å². The minimum Gasteiger partial charge on any atom is -0.455 e. The van der Waals surface area contributed by atoms with E-state index in [2.05, 4.69) is 26.0 Å². The maximum atomic E-state index is 12.7. The Labute approximate surface area is 171 Å². The molecular weight excluding hydrogens is 366 g/mol. The molecule has 1 aromatic rings. The van der Waals surface area contributed by atoms with Crippen LogP contribution in [-0.4, -0.2) is 43.1 Å². The minimum absolute atomic E-state index is 0.0132. The zero-order valence-electron chi connectivity index (χ0n) is 17.6. The number of benzene rings is 1. The fourth-order valence-corrected chi connectivity index (χ4v) is 4.79. The first-order chi connectivity index (χ1) is 13.8. The van der Waals surface area contributed by atoms with Crippen LogP contribution < -0.4 is 0 Å². The molecule has 152 valence electrons. The second kappa shape index (κ2) is 6.99. The molecule has 5 heteroatoms. The maximum absolute atomic E-state index is 12.7.